The Labute approximate surface area is 186 Å². The van der Waals surface area contributed by atoms with Crippen molar-refractivity contribution in [3.63, 3.8) is 0 Å². The summed E-state index contributed by atoms with van der Waals surface area (Å²) < 4.78 is 35.2. The molecule has 172 valence electrons. The van der Waals surface area contributed by atoms with Gasteiger partial charge >= 0.3 is 0 Å². The fraction of sp³-hybridized carbons (Fsp3) is 0.458. The molecule has 3 rings (SSSR count). The highest BCUT2D eigenvalue weighted by atomic mass is 19.1. The third-order valence-corrected chi connectivity index (χ3v) is 5.35. The number of rotatable bonds is 9. The highest BCUT2D eigenvalue weighted by molar-refractivity contribution is 5.96. The van der Waals surface area contributed by atoms with Crippen LogP contribution in [0.25, 0.3) is 5.65 Å². The maximum atomic E-state index is 14.0. The number of carbonyl (C=O) groups is 1. The minimum atomic E-state index is -0.699. The third kappa shape index (κ3) is 5.30. The number of carbonyl (C=O) groups excluding carboxylic acids is 1. The highest BCUT2D eigenvalue weighted by Crippen LogP contribution is 2.26. The lowest BCUT2D eigenvalue weighted by Gasteiger charge is -2.26. The number of imidazole rings is 1. The Morgan fingerprint density at radius 2 is 1.88 bits per heavy atom. The molecule has 2 N–H and O–H groups in total. The van der Waals surface area contributed by atoms with Gasteiger partial charge in [0, 0.05) is 18.2 Å². The van der Waals surface area contributed by atoms with Gasteiger partial charge in [0.15, 0.2) is 5.78 Å². The minimum Gasteiger partial charge on any atom is -0.470 e. The average Bonchev–Trinajstić information content (AvgIpc) is 3.00. The number of hydrogen-bond donors (Lipinski definition) is 1. The number of nitrogens with two attached hydrogens (primary N) is 1. The molecule has 0 aliphatic carbocycles. The summed E-state index contributed by atoms with van der Waals surface area (Å²) in [7, 11) is 0. The molecule has 8 heteroatoms. The van der Waals surface area contributed by atoms with E-state index in [0.29, 0.717) is 35.1 Å². The second kappa shape index (κ2) is 9.32. The van der Waals surface area contributed by atoms with Crippen molar-refractivity contribution in [1.29, 1.82) is 0 Å². The van der Waals surface area contributed by atoms with Crippen LogP contribution < -0.4 is 10.5 Å². The van der Waals surface area contributed by atoms with E-state index in [1.165, 1.54) is 18.2 Å². The van der Waals surface area contributed by atoms with Gasteiger partial charge in [-0.2, -0.15) is 0 Å². The van der Waals surface area contributed by atoms with Crippen LogP contribution in [0.5, 0.6) is 5.88 Å². The van der Waals surface area contributed by atoms with E-state index in [-0.39, 0.29) is 30.3 Å². The lowest BCUT2D eigenvalue weighted by Crippen LogP contribution is -2.38. The zero-order chi connectivity index (χ0) is 23.6. The summed E-state index contributed by atoms with van der Waals surface area (Å²) in [4.78, 5) is 21.9. The van der Waals surface area contributed by atoms with E-state index in [4.69, 9.17) is 10.5 Å². The molecule has 0 radical (unpaired) electrons. The first-order valence-electron chi connectivity index (χ1n) is 10.7. The molecule has 2 heterocycles. The number of hydrogen-bond acceptors (Lipinski definition) is 5. The van der Waals surface area contributed by atoms with Crippen molar-refractivity contribution in [3.05, 3.63) is 58.7 Å². The first-order valence-corrected chi connectivity index (χ1v) is 10.7. The highest BCUT2D eigenvalue weighted by Gasteiger charge is 2.25. The molecular weight excluding hydrogens is 414 g/mol. The summed E-state index contributed by atoms with van der Waals surface area (Å²) >= 11 is 0. The predicted octanol–water partition coefficient (Wildman–Crippen LogP) is 4.93. The molecule has 0 amide bonds. The van der Waals surface area contributed by atoms with Crippen molar-refractivity contribution in [1.82, 2.24) is 14.4 Å². The maximum Gasteiger partial charge on any atom is 0.258 e. The van der Waals surface area contributed by atoms with Crippen LogP contribution in [-0.2, 0) is 6.61 Å². The lowest BCUT2D eigenvalue weighted by molar-refractivity contribution is 0.0962. The van der Waals surface area contributed by atoms with Gasteiger partial charge in [-0.25, -0.2) is 18.7 Å². The van der Waals surface area contributed by atoms with Gasteiger partial charge in [0.25, 0.3) is 5.88 Å². The minimum absolute atomic E-state index is 0.0767. The second-order valence-corrected chi connectivity index (χ2v) is 9.09. The van der Waals surface area contributed by atoms with Crippen molar-refractivity contribution < 1.29 is 18.3 Å². The Hall–Kier alpha value is -2.87. The number of aromatic nitrogens is 3. The number of ketones is 1. The first-order chi connectivity index (χ1) is 15.0. The number of fused-ring (bicyclic) bond motifs is 1. The normalized spacial score (nSPS) is 13.5. The molecule has 32 heavy (non-hydrogen) atoms. The van der Waals surface area contributed by atoms with Gasteiger partial charge in [-0.1, -0.05) is 19.9 Å². The Morgan fingerprint density at radius 1 is 1.22 bits per heavy atom. The standard InChI is InChI=1S/C24H30F2N4O2/c1-14(2)11-24(5,27)10-9-20(31)21-16(4)29-22-23(28-15(3)12-30(21)22)32-13-17-18(25)7-6-8-19(17)26/h6-8,12,14H,9-11,13,27H2,1-5H3. The predicted molar refractivity (Wildman–Crippen MR) is 119 cm³/mol. The molecule has 1 unspecified atom stereocenters. The van der Waals surface area contributed by atoms with E-state index < -0.39 is 17.2 Å². The van der Waals surface area contributed by atoms with Crippen LogP contribution >= 0.6 is 0 Å². The fourth-order valence-corrected chi connectivity index (χ4v) is 4.04. The molecule has 3 aromatic rings. The van der Waals surface area contributed by atoms with Crippen LogP contribution in [0.1, 0.15) is 67.5 Å². The number of halogens is 2. The van der Waals surface area contributed by atoms with Gasteiger partial charge in [0.05, 0.1) is 17.0 Å². The van der Waals surface area contributed by atoms with E-state index in [0.717, 1.165) is 6.42 Å². The molecule has 1 atom stereocenters. The smallest absolute Gasteiger partial charge is 0.258 e. The van der Waals surface area contributed by atoms with Gasteiger partial charge < -0.3 is 10.5 Å². The van der Waals surface area contributed by atoms with Crippen LogP contribution in [0, 0.1) is 31.4 Å². The van der Waals surface area contributed by atoms with E-state index in [2.05, 4.69) is 23.8 Å². The van der Waals surface area contributed by atoms with Gasteiger partial charge in [-0.15, -0.1) is 0 Å². The number of nitrogens with zero attached hydrogens (tertiary/aromatic N) is 3. The molecule has 0 fully saturated rings. The van der Waals surface area contributed by atoms with Gasteiger partial charge in [-0.3, -0.25) is 9.20 Å². The molecule has 0 saturated heterocycles. The van der Waals surface area contributed by atoms with E-state index >= 15 is 0 Å². The van der Waals surface area contributed by atoms with Crippen molar-refractivity contribution >= 4 is 11.4 Å². The van der Waals surface area contributed by atoms with E-state index in [1.54, 1.807) is 24.4 Å². The number of ether oxygens (including phenoxy) is 1. The van der Waals surface area contributed by atoms with Crippen LogP contribution in [0.2, 0.25) is 0 Å². The van der Waals surface area contributed by atoms with Gasteiger partial charge in [-0.05, 0) is 51.7 Å². The Balaban J connectivity index is 1.88. The lowest BCUT2D eigenvalue weighted by atomic mass is 9.86. The topological polar surface area (TPSA) is 82.5 Å². The zero-order valence-corrected chi connectivity index (χ0v) is 19.2. The third-order valence-electron chi connectivity index (χ3n) is 5.35. The van der Waals surface area contributed by atoms with Crippen LogP contribution in [0.15, 0.2) is 24.4 Å². The summed E-state index contributed by atoms with van der Waals surface area (Å²) in [6, 6.07) is 3.63. The van der Waals surface area contributed by atoms with Crippen molar-refractivity contribution in [3.8, 4) is 5.88 Å². The van der Waals surface area contributed by atoms with Crippen molar-refractivity contribution in [2.75, 3.05) is 0 Å². The number of benzene rings is 1. The summed E-state index contributed by atoms with van der Waals surface area (Å²) in [6.07, 6.45) is 3.36. The molecule has 2 aromatic heterocycles. The Bertz CT molecular complexity index is 1120. The summed E-state index contributed by atoms with van der Waals surface area (Å²) in [6.45, 7) is 9.31. The van der Waals surface area contributed by atoms with Gasteiger partial charge in [0.2, 0.25) is 5.65 Å². The Kier molecular flexibility index (Phi) is 6.93. The maximum absolute atomic E-state index is 14.0. The SMILES string of the molecule is Cc1cn2c(C(=O)CCC(C)(N)CC(C)C)c(C)nc2c(OCc2c(F)cccc2F)n1. The molecule has 0 aliphatic heterocycles. The molecule has 0 bridgehead atoms. The number of aryl methyl sites for hydroxylation is 2. The molecule has 1 aromatic carbocycles. The number of Topliss-reactive ketones (excluding diaryl/α,β-unsaturated/α-hetero) is 1. The first kappa shape index (κ1) is 23.8. The van der Waals surface area contributed by atoms with E-state index in [1.807, 2.05) is 6.92 Å². The van der Waals surface area contributed by atoms with E-state index in [9.17, 15) is 13.6 Å². The summed E-state index contributed by atoms with van der Waals surface area (Å²) in [5, 5.41) is 0. The molecule has 0 aliphatic rings. The van der Waals surface area contributed by atoms with Gasteiger partial charge in [0.1, 0.15) is 23.9 Å². The molecule has 6 nitrogen and oxygen atoms in total. The molecular formula is C24H30F2N4O2. The van der Waals surface area contributed by atoms with Crippen molar-refractivity contribution in [2.24, 2.45) is 11.7 Å². The quantitative estimate of drug-likeness (QED) is 0.473. The zero-order valence-electron chi connectivity index (χ0n) is 19.2. The fourth-order valence-electron chi connectivity index (χ4n) is 4.04. The summed E-state index contributed by atoms with van der Waals surface area (Å²) in [5.74, 6) is -0.929. The average molecular weight is 445 g/mol. The van der Waals surface area contributed by atoms with Crippen LogP contribution in [0.3, 0.4) is 0 Å². The monoisotopic (exact) mass is 444 g/mol. The van der Waals surface area contributed by atoms with Crippen LogP contribution in [-0.4, -0.2) is 25.7 Å². The van der Waals surface area contributed by atoms with Crippen molar-refractivity contribution in [2.45, 2.75) is 66.0 Å². The largest absolute Gasteiger partial charge is 0.470 e. The molecule has 0 saturated carbocycles. The Morgan fingerprint density at radius 3 is 2.50 bits per heavy atom. The summed E-state index contributed by atoms with van der Waals surface area (Å²) in [5.41, 5.74) is 7.62. The molecule has 0 spiro atoms. The second-order valence-electron chi connectivity index (χ2n) is 9.09. The van der Waals surface area contributed by atoms with Crippen LogP contribution in [0.4, 0.5) is 8.78 Å².